The number of aromatic nitrogens is 1. The Kier molecular flexibility index (Phi) is 5.79. The van der Waals surface area contributed by atoms with Gasteiger partial charge in [0.25, 0.3) is 5.91 Å². The molecule has 0 unspecified atom stereocenters. The van der Waals surface area contributed by atoms with Crippen LogP contribution in [0.2, 0.25) is 0 Å². The Balaban J connectivity index is 1.61. The molecule has 1 aliphatic rings. The van der Waals surface area contributed by atoms with Gasteiger partial charge >= 0.3 is 0 Å². The van der Waals surface area contributed by atoms with Crippen molar-refractivity contribution in [2.75, 3.05) is 33.2 Å². The maximum absolute atomic E-state index is 12.6. The molecule has 3 rings (SSSR count). The van der Waals surface area contributed by atoms with Crippen LogP contribution < -0.4 is 5.32 Å². The van der Waals surface area contributed by atoms with Gasteiger partial charge in [-0.25, -0.2) is 0 Å². The summed E-state index contributed by atoms with van der Waals surface area (Å²) >= 11 is 0. The molecule has 25 heavy (non-hydrogen) atoms. The molecule has 5 nitrogen and oxygen atoms in total. The number of nitrogens with one attached hydrogen (secondary N) is 1. The summed E-state index contributed by atoms with van der Waals surface area (Å²) in [6.45, 7) is 7.19. The average Bonchev–Trinajstić information content (AvgIpc) is 2.64. The van der Waals surface area contributed by atoms with Crippen molar-refractivity contribution in [3.05, 3.63) is 65.5 Å². The topological polar surface area (TPSA) is 48.5 Å². The Morgan fingerprint density at radius 3 is 2.68 bits per heavy atom. The van der Waals surface area contributed by atoms with E-state index in [-0.39, 0.29) is 11.9 Å². The number of amides is 1. The third-order valence-corrected chi connectivity index (χ3v) is 4.67. The van der Waals surface area contributed by atoms with Gasteiger partial charge in [-0.05, 0) is 43.8 Å². The van der Waals surface area contributed by atoms with Crippen LogP contribution in [0.25, 0.3) is 0 Å². The maximum Gasteiger partial charge on any atom is 0.251 e. The lowest BCUT2D eigenvalue weighted by Crippen LogP contribution is -2.43. The van der Waals surface area contributed by atoms with Crippen molar-refractivity contribution >= 4 is 5.91 Å². The number of likely N-dealkylation sites (N-methyl/N-ethyl adjacent to an activating group) is 1. The molecule has 1 fully saturated rings. The molecular formula is C20H26N4O. The van der Waals surface area contributed by atoms with Crippen LogP contribution in [0.3, 0.4) is 0 Å². The molecule has 1 aromatic carbocycles. The highest BCUT2D eigenvalue weighted by Crippen LogP contribution is 2.13. The number of benzene rings is 1. The average molecular weight is 338 g/mol. The minimum atomic E-state index is -0.116. The third kappa shape index (κ3) is 4.87. The number of hydrogen-bond acceptors (Lipinski definition) is 4. The van der Waals surface area contributed by atoms with Gasteiger partial charge in [0.15, 0.2) is 0 Å². The van der Waals surface area contributed by atoms with E-state index in [0.29, 0.717) is 5.56 Å². The second-order valence-corrected chi connectivity index (χ2v) is 6.73. The first-order valence-electron chi connectivity index (χ1n) is 8.83. The highest BCUT2D eigenvalue weighted by molar-refractivity contribution is 5.94. The van der Waals surface area contributed by atoms with Gasteiger partial charge in [-0.15, -0.1) is 0 Å². The first-order valence-corrected chi connectivity index (χ1v) is 8.83. The van der Waals surface area contributed by atoms with Gasteiger partial charge in [0.1, 0.15) is 0 Å². The van der Waals surface area contributed by atoms with Crippen LogP contribution in [0.1, 0.15) is 34.6 Å². The Hall–Kier alpha value is -2.24. The largest absolute Gasteiger partial charge is 0.344 e. The number of carbonyl (C=O) groups excluding carboxylic acids is 1. The molecule has 1 N–H and O–H groups in total. The summed E-state index contributed by atoms with van der Waals surface area (Å²) in [5, 5.41) is 3.03. The fourth-order valence-corrected chi connectivity index (χ4v) is 3.06. The Morgan fingerprint density at radius 2 is 1.96 bits per heavy atom. The van der Waals surface area contributed by atoms with Gasteiger partial charge in [0, 0.05) is 44.5 Å². The van der Waals surface area contributed by atoms with Gasteiger partial charge in [-0.1, -0.05) is 18.2 Å². The Labute approximate surface area is 149 Å². The summed E-state index contributed by atoms with van der Waals surface area (Å²) in [7, 11) is 2.16. The smallest absolute Gasteiger partial charge is 0.251 e. The molecule has 0 aliphatic carbocycles. The van der Waals surface area contributed by atoms with Gasteiger partial charge in [0.2, 0.25) is 0 Å². The second kappa shape index (κ2) is 8.23. The lowest BCUT2D eigenvalue weighted by atomic mass is 10.1. The quantitative estimate of drug-likeness (QED) is 0.909. The van der Waals surface area contributed by atoms with E-state index in [1.54, 1.807) is 6.20 Å². The Bertz CT molecular complexity index is 696. The van der Waals surface area contributed by atoms with Crippen LogP contribution in [0.4, 0.5) is 0 Å². The third-order valence-electron chi connectivity index (χ3n) is 4.67. The van der Waals surface area contributed by atoms with E-state index < -0.39 is 0 Å². The molecule has 1 saturated heterocycles. The van der Waals surface area contributed by atoms with Crippen molar-refractivity contribution in [1.29, 1.82) is 0 Å². The van der Waals surface area contributed by atoms with E-state index in [1.807, 2.05) is 43.3 Å². The minimum absolute atomic E-state index is 0.0571. The van der Waals surface area contributed by atoms with Gasteiger partial charge in [-0.3, -0.25) is 14.7 Å². The molecule has 2 heterocycles. The SMILES string of the molecule is C[C@H](NC(=O)c1cccc(CN2CCN(C)CC2)c1)c1ccccn1. The van der Waals surface area contributed by atoms with Crippen LogP contribution in [0.5, 0.6) is 0 Å². The van der Waals surface area contributed by atoms with Gasteiger partial charge < -0.3 is 10.2 Å². The van der Waals surface area contributed by atoms with E-state index in [0.717, 1.165) is 38.4 Å². The number of rotatable bonds is 5. The summed E-state index contributed by atoms with van der Waals surface area (Å²) in [6, 6.07) is 13.5. The molecule has 5 heteroatoms. The molecule has 1 aliphatic heterocycles. The molecule has 1 aromatic heterocycles. The molecule has 0 bridgehead atoms. The van der Waals surface area contributed by atoms with E-state index in [1.165, 1.54) is 5.56 Å². The minimum Gasteiger partial charge on any atom is -0.344 e. The van der Waals surface area contributed by atoms with E-state index >= 15 is 0 Å². The summed E-state index contributed by atoms with van der Waals surface area (Å²) in [5.41, 5.74) is 2.75. The number of hydrogen-bond donors (Lipinski definition) is 1. The molecule has 2 aromatic rings. The van der Waals surface area contributed by atoms with Gasteiger partial charge in [0.05, 0.1) is 11.7 Å². The fraction of sp³-hybridized carbons (Fsp3) is 0.400. The molecule has 132 valence electrons. The van der Waals surface area contributed by atoms with E-state index in [4.69, 9.17) is 0 Å². The van der Waals surface area contributed by atoms with Crippen molar-refractivity contribution < 1.29 is 4.79 Å². The second-order valence-electron chi connectivity index (χ2n) is 6.73. The zero-order valence-corrected chi connectivity index (χ0v) is 15.0. The van der Waals surface area contributed by atoms with Crippen molar-refractivity contribution in [3.63, 3.8) is 0 Å². The van der Waals surface area contributed by atoms with Crippen molar-refractivity contribution in [2.45, 2.75) is 19.5 Å². The molecular weight excluding hydrogens is 312 g/mol. The van der Waals surface area contributed by atoms with Crippen LogP contribution in [0.15, 0.2) is 48.7 Å². The van der Waals surface area contributed by atoms with Crippen molar-refractivity contribution in [2.24, 2.45) is 0 Å². The van der Waals surface area contributed by atoms with Crippen molar-refractivity contribution in [1.82, 2.24) is 20.1 Å². The lowest BCUT2D eigenvalue weighted by Gasteiger charge is -2.32. The fourth-order valence-electron chi connectivity index (χ4n) is 3.06. The van der Waals surface area contributed by atoms with Crippen LogP contribution in [-0.4, -0.2) is 53.9 Å². The first kappa shape index (κ1) is 17.6. The molecule has 0 spiro atoms. The monoisotopic (exact) mass is 338 g/mol. The molecule has 1 atom stereocenters. The Morgan fingerprint density at radius 1 is 1.16 bits per heavy atom. The standard InChI is InChI=1S/C20H26N4O/c1-16(19-8-3-4-9-21-19)22-20(25)18-7-5-6-17(14-18)15-24-12-10-23(2)11-13-24/h3-9,14,16H,10-13,15H2,1-2H3,(H,22,25)/t16-/m0/s1. The summed E-state index contributed by atoms with van der Waals surface area (Å²) in [5.74, 6) is -0.0571. The first-order chi connectivity index (χ1) is 12.1. The van der Waals surface area contributed by atoms with Crippen LogP contribution in [-0.2, 0) is 6.54 Å². The lowest BCUT2D eigenvalue weighted by molar-refractivity contribution is 0.0939. The summed E-state index contributed by atoms with van der Waals surface area (Å²) in [4.78, 5) is 21.6. The van der Waals surface area contributed by atoms with Crippen LogP contribution in [0, 0.1) is 0 Å². The molecule has 1 amide bonds. The predicted octanol–water partition coefficient (Wildman–Crippen LogP) is 2.32. The van der Waals surface area contributed by atoms with Crippen molar-refractivity contribution in [3.8, 4) is 0 Å². The molecule has 0 radical (unpaired) electrons. The predicted molar refractivity (Wildman–Crippen MR) is 99.3 cm³/mol. The van der Waals surface area contributed by atoms with Gasteiger partial charge in [-0.2, -0.15) is 0 Å². The highest BCUT2D eigenvalue weighted by Gasteiger charge is 2.16. The zero-order chi connectivity index (χ0) is 17.6. The molecule has 0 saturated carbocycles. The highest BCUT2D eigenvalue weighted by atomic mass is 16.1. The van der Waals surface area contributed by atoms with E-state index in [9.17, 15) is 4.79 Å². The number of pyridine rings is 1. The zero-order valence-electron chi connectivity index (χ0n) is 15.0. The maximum atomic E-state index is 12.6. The normalized spacial score (nSPS) is 17.2. The van der Waals surface area contributed by atoms with E-state index in [2.05, 4.69) is 33.2 Å². The summed E-state index contributed by atoms with van der Waals surface area (Å²) < 4.78 is 0. The van der Waals surface area contributed by atoms with Crippen LogP contribution >= 0.6 is 0 Å². The number of nitrogens with zero attached hydrogens (tertiary/aromatic N) is 3. The summed E-state index contributed by atoms with van der Waals surface area (Å²) in [6.07, 6.45) is 1.74. The number of carbonyl (C=O) groups is 1. The number of piperazine rings is 1.